The highest BCUT2D eigenvalue weighted by atomic mass is 16.5. The van der Waals surface area contributed by atoms with Crippen LogP contribution in [0.4, 0.5) is 0 Å². The number of rotatable bonds is 10. The van der Waals surface area contributed by atoms with Crippen molar-refractivity contribution in [1.29, 1.82) is 0 Å². The molecule has 1 fully saturated rings. The van der Waals surface area contributed by atoms with Crippen molar-refractivity contribution in [1.82, 2.24) is 5.32 Å². The van der Waals surface area contributed by atoms with Gasteiger partial charge < -0.3 is 14.8 Å². The fourth-order valence-corrected chi connectivity index (χ4v) is 2.21. The minimum atomic E-state index is 0.707. The van der Waals surface area contributed by atoms with Crippen LogP contribution in [0.1, 0.15) is 51.0 Å². The standard InChI is InChI=1S/C17H27NO2/c1-3-4-5-6-11-20-17-10-9-16(19-2)12-14(17)13-18-15-7-8-15/h9-10,12,15,18H,3-8,11,13H2,1-2H3. The highest BCUT2D eigenvalue weighted by molar-refractivity contribution is 5.40. The number of ether oxygens (including phenoxy) is 2. The SMILES string of the molecule is CCCCCCOc1ccc(OC)cc1CNC1CC1. The molecule has 0 amide bonds. The molecule has 1 aliphatic rings. The molecule has 1 N–H and O–H groups in total. The zero-order valence-corrected chi connectivity index (χ0v) is 12.8. The quantitative estimate of drug-likeness (QED) is 0.658. The molecule has 0 atom stereocenters. The summed E-state index contributed by atoms with van der Waals surface area (Å²) in [5.41, 5.74) is 1.20. The third-order valence-electron chi connectivity index (χ3n) is 3.68. The first-order valence-electron chi connectivity index (χ1n) is 7.86. The average molecular weight is 277 g/mol. The molecule has 3 nitrogen and oxygen atoms in total. The Kier molecular flexibility index (Phi) is 6.19. The van der Waals surface area contributed by atoms with Crippen molar-refractivity contribution in [2.24, 2.45) is 0 Å². The van der Waals surface area contributed by atoms with E-state index in [1.165, 1.54) is 37.7 Å². The summed E-state index contributed by atoms with van der Waals surface area (Å²) in [6.07, 6.45) is 7.55. The predicted octanol–water partition coefficient (Wildman–Crippen LogP) is 3.91. The van der Waals surface area contributed by atoms with Crippen molar-refractivity contribution in [3.05, 3.63) is 23.8 Å². The Bertz CT molecular complexity index is 402. The number of nitrogens with one attached hydrogen (secondary N) is 1. The molecular weight excluding hydrogens is 250 g/mol. The molecule has 112 valence electrons. The maximum Gasteiger partial charge on any atom is 0.124 e. The molecule has 1 aromatic carbocycles. The smallest absolute Gasteiger partial charge is 0.124 e. The van der Waals surface area contributed by atoms with Crippen molar-refractivity contribution in [3.63, 3.8) is 0 Å². The van der Waals surface area contributed by atoms with Gasteiger partial charge in [-0.25, -0.2) is 0 Å². The lowest BCUT2D eigenvalue weighted by Crippen LogP contribution is -2.16. The molecule has 0 unspecified atom stereocenters. The van der Waals surface area contributed by atoms with E-state index in [0.29, 0.717) is 6.04 Å². The number of hydrogen-bond acceptors (Lipinski definition) is 3. The molecule has 0 saturated heterocycles. The Balaban J connectivity index is 1.87. The van der Waals surface area contributed by atoms with Crippen LogP contribution in [0.5, 0.6) is 11.5 Å². The topological polar surface area (TPSA) is 30.5 Å². The lowest BCUT2D eigenvalue weighted by molar-refractivity contribution is 0.300. The Morgan fingerprint density at radius 2 is 2.05 bits per heavy atom. The second-order valence-electron chi connectivity index (χ2n) is 5.54. The Hall–Kier alpha value is -1.22. The fraction of sp³-hybridized carbons (Fsp3) is 0.647. The van der Waals surface area contributed by atoms with Crippen LogP contribution in [0, 0.1) is 0 Å². The third-order valence-corrected chi connectivity index (χ3v) is 3.68. The summed E-state index contributed by atoms with van der Waals surface area (Å²) in [7, 11) is 1.71. The lowest BCUT2D eigenvalue weighted by atomic mass is 10.2. The van der Waals surface area contributed by atoms with E-state index in [1.807, 2.05) is 12.1 Å². The maximum atomic E-state index is 5.94. The molecule has 0 aromatic heterocycles. The first-order valence-corrected chi connectivity index (χ1v) is 7.86. The van der Waals surface area contributed by atoms with E-state index in [1.54, 1.807) is 7.11 Å². The molecule has 0 radical (unpaired) electrons. The highest BCUT2D eigenvalue weighted by Gasteiger charge is 2.20. The van der Waals surface area contributed by atoms with Crippen LogP contribution in [0.2, 0.25) is 0 Å². The average Bonchev–Trinajstić information content (AvgIpc) is 3.30. The van der Waals surface area contributed by atoms with Gasteiger partial charge in [0, 0.05) is 18.2 Å². The molecule has 1 saturated carbocycles. The van der Waals surface area contributed by atoms with Gasteiger partial charge in [0.2, 0.25) is 0 Å². The van der Waals surface area contributed by atoms with Crippen molar-refractivity contribution < 1.29 is 9.47 Å². The third kappa shape index (κ3) is 5.04. The molecule has 2 rings (SSSR count). The summed E-state index contributed by atoms with van der Waals surface area (Å²) < 4.78 is 11.2. The normalized spacial score (nSPS) is 14.3. The molecular formula is C17H27NO2. The maximum absolute atomic E-state index is 5.94. The van der Waals surface area contributed by atoms with E-state index < -0.39 is 0 Å². The summed E-state index contributed by atoms with van der Waals surface area (Å²) in [5, 5.41) is 3.54. The lowest BCUT2D eigenvalue weighted by Gasteiger charge is -2.13. The summed E-state index contributed by atoms with van der Waals surface area (Å²) in [4.78, 5) is 0. The minimum absolute atomic E-state index is 0.707. The van der Waals surface area contributed by atoms with E-state index in [2.05, 4.69) is 18.3 Å². The van der Waals surface area contributed by atoms with Gasteiger partial charge in [0.05, 0.1) is 13.7 Å². The zero-order valence-electron chi connectivity index (χ0n) is 12.8. The largest absolute Gasteiger partial charge is 0.497 e. The zero-order chi connectivity index (χ0) is 14.2. The van der Waals surface area contributed by atoms with E-state index in [-0.39, 0.29) is 0 Å². The highest BCUT2D eigenvalue weighted by Crippen LogP contribution is 2.26. The minimum Gasteiger partial charge on any atom is -0.497 e. The summed E-state index contributed by atoms with van der Waals surface area (Å²) in [6.45, 7) is 3.90. The van der Waals surface area contributed by atoms with Gasteiger partial charge >= 0.3 is 0 Å². The second kappa shape index (κ2) is 8.15. The molecule has 0 aliphatic heterocycles. The summed E-state index contributed by atoms with van der Waals surface area (Å²) in [6, 6.07) is 6.79. The second-order valence-corrected chi connectivity index (χ2v) is 5.54. The summed E-state index contributed by atoms with van der Waals surface area (Å²) in [5.74, 6) is 1.89. The van der Waals surface area contributed by atoms with Gasteiger partial charge in [0.25, 0.3) is 0 Å². The van der Waals surface area contributed by atoms with Gasteiger partial charge in [-0.1, -0.05) is 26.2 Å². The van der Waals surface area contributed by atoms with Gasteiger partial charge in [-0.15, -0.1) is 0 Å². The Labute approximate surface area is 122 Å². The number of methoxy groups -OCH3 is 1. The fourth-order valence-electron chi connectivity index (χ4n) is 2.21. The van der Waals surface area contributed by atoms with Crippen LogP contribution in [0.25, 0.3) is 0 Å². The van der Waals surface area contributed by atoms with Crippen molar-refractivity contribution in [2.75, 3.05) is 13.7 Å². The van der Waals surface area contributed by atoms with Crippen LogP contribution in [-0.2, 0) is 6.54 Å². The molecule has 0 bridgehead atoms. The summed E-state index contributed by atoms with van der Waals surface area (Å²) >= 11 is 0. The van der Waals surface area contributed by atoms with Crippen LogP contribution in [-0.4, -0.2) is 19.8 Å². The van der Waals surface area contributed by atoms with Gasteiger partial charge in [0.15, 0.2) is 0 Å². The van der Waals surface area contributed by atoms with E-state index in [4.69, 9.17) is 9.47 Å². The molecule has 20 heavy (non-hydrogen) atoms. The van der Waals surface area contributed by atoms with E-state index in [9.17, 15) is 0 Å². The molecule has 1 aliphatic carbocycles. The van der Waals surface area contributed by atoms with Crippen LogP contribution >= 0.6 is 0 Å². The molecule has 3 heteroatoms. The van der Waals surface area contributed by atoms with Gasteiger partial charge in [-0.2, -0.15) is 0 Å². The van der Waals surface area contributed by atoms with Gasteiger partial charge in [-0.3, -0.25) is 0 Å². The van der Waals surface area contributed by atoms with Gasteiger partial charge in [-0.05, 0) is 37.5 Å². The predicted molar refractivity (Wildman–Crippen MR) is 82.5 cm³/mol. The molecule has 1 aromatic rings. The van der Waals surface area contributed by atoms with E-state index in [0.717, 1.165) is 31.1 Å². The molecule has 0 heterocycles. The Morgan fingerprint density at radius 3 is 2.75 bits per heavy atom. The number of hydrogen-bond donors (Lipinski definition) is 1. The number of benzene rings is 1. The van der Waals surface area contributed by atoms with Gasteiger partial charge in [0.1, 0.15) is 11.5 Å². The van der Waals surface area contributed by atoms with Crippen LogP contribution in [0.15, 0.2) is 18.2 Å². The number of unbranched alkanes of at least 4 members (excludes halogenated alkanes) is 3. The van der Waals surface area contributed by atoms with Crippen LogP contribution in [0.3, 0.4) is 0 Å². The van der Waals surface area contributed by atoms with E-state index >= 15 is 0 Å². The first-order chi connectivity index (χ1) is 9.83. The van der Waals surface area contributed by atoms with Crippen molar-refractivity contribution in [2.45, 2.75) is 58.0 Å². The molecule has 0 spiro atoms. The van der Waals surface area contributed by atoms with Crippen molar-refractivity contribution >= 4 is 0 Å². The van der Waals surface area contributed by atoms with Crippen LogP contribution < -0.4 is 14.8 Å². The van der Waals surface area contributed by atoms with Crippen molar-refractivity contribution in [3.8, 4) is 11.5 Å². The Morgan fingerprint density at radius 1 is 1.20 bits per heavy atom. The first kappa shape index (κ1) is 15.2. The monoisotopic (exact) mass is 277 g/mol.